The molecule has 6 nitrogen and oxygen atoms in total. The quantitative estimate of drug-likeness (QED) is 0.605. The lowest BCUT2D eigenvalue weighted by Gasteiger charge is -2.29. The van der Waals surface area contributed by atoms with E-state index in [-0.39, 0.29) is 30.2 Å². The Morgan fingerprint density at radius 3 is 2.34 bits per heavy atom. The Kier molecular flexibility index (Phi) is 5.56. The van der Waals surface area contributed by atoms with Crippen LogP contribution < -0.4 is 5.73 Å². The summed E-state index contributed by atoms with van der Waals surface area (Å²) < 4.78 is 68.2. The molecule has 0 radical (unpaired) electrons. The first-order chi connectivity index (χ1) is 15.0. The highest BCUT2D eigenvalue weighted by Gasteiger charge is 2.36. The highest BCUT2D eigenvalue weighted by Crippen LogP contribution is 2.39. The minimum Gasteiger partial charge on any atom is -0.365 e. The number of sulfonamides is 1. The number of hydrogen-bond acceptors (Lipinski definition) is 3. The molecule has 2 heterocycles. The predicted octanol–water partition coefficient (Wildman–Crippen LogP) is 4.13. The van der Waals surface area contributed by atoms with Crippen LogP contribution in [0.4, 0.5) is 13.2 Å². The number of amides is 1. The molecule has 1 aliphatic rings. The van der Waals surface area contributed by atoms with Crippen molar-refractivity contribution in [3.05, 3.63) is 76.4 Å². The van der Waals surface area contributed by atoms with Crippen LogP contribution in [0.3, 0.4) is 0 Å². The minimum absolute atomic E-state index is 0.00513. The van der Waals surface area contributed by atoms with Gasteiger partial charge in [0.2, 0.25) is 10.0 Å². The second-order valence-electron chi connectivity index (χ2n) is 7.23. The van der Waals surface area contributed by atoms with E-state index in [2.05, 4.69) is 0 Å². The number of nitrogens with zero attached hydrogens (tertiary/aromatic N) is 2. The molecule has 168 valence electrons. The van der Waals surface area contributed by atoms with Gasteiger partial charge in [-0.25, -0.2) is 8.42 Å². The number of halogens is 4. The van der Waals surface area contributed by atoms with Crippen molar-refractivity contribution in [2.24, 2.45) is 5.73 Å². The molecule has 0 bridgehead atoms. The lowest BCUT2D eigenvalue weighted by atomic mass is 10.1. The van der Waals surface area contributed by atoms with Crippen molar-refractivity contribution in [1.82, 2.24) is 8.87 Å². The lowest BCUT2D eigenvalue weighted by molar-refractivity contribution is -0.137. The van der Waals surface area contributed by atoms with Gasteiger partial charge in [0.25, 0.3) is 5.91 Å². The standard InChI is InChI=1S/C21H17ClF3N3O3S/c22-18-17(20(26)29)16-12-27(9-10-28(16)19(18)13-5-2-1-3-6-13)32(30,31)15-8-4-7-14(11-15)21(23,24)25/h1-8,11H,9-10,12H2,(H2,26,29). The molecule has 3 aromatic rings. The lowest BCUT2D eigenvalue weighted by Crippen LogP contribution is -2.39. The zero-order valence-corrected chi connectivity index (χ0v) is 18.0. The Hall–Kier alpha value is -2.82. The van der Waals surface area contributed by atoms with E-state index in [1.165, 1.54) is 0 Å². The molecule has 0 saturated heterocycles. The zero-order chi connectivity index (χ0) is 23.3. The monoisotopic (exact) mass is 483 g/mol. The number of rotatable bonds is 4. The molecule has 0 unspecified atom stereocenters. The van der Waals surface area contributed by atoms with Gasteiger partial charge in [-0.2, -0.15) is 17.5 Å². The number of alkyl halides is 3. The number of nitrogens with two attached hydrogens (primary N) is 1. The topological polar surface area (TPSA) is 85.4 Å². The highest BCUT2D eigenvalue weighted by molar-refractivity contribution is 7.89. The molecule has 0 aliphatic carbocycles. The van der Waals surface area contributed by atoms with Crippen LogP contribution in [0, 0.1) is 0 Å². The molecule has 1 aliphatic heterocycles. The van der Waals surface area contributed by atoms with Crippen LogP contribution in [0.2, 0.25) is 5.02 Å². The summed E-state index contributed by atoms with van der Waals surface area (Å²) in [6.07, 6.45) is -4.68. The summed E-state index contributed by atoms with van der Waals surface area (Å²) in [7, 11) is -4.27. The van der Waals surface area contributed by atoms with E-state index in [1.54, 1.807) is 28.8 Å². The smallest absolute Gasteiger partial charge is 0.365 e. The second kappa shape index (κ2) is 7.95. The van der Waals surface area contributed by atoms with Crippen molar-refractivity contribution in [3.8, 4) is 11.3 Å². The van der Waals surface area contributed by atoms with E-state index < -0.39 is 32.6 Å². The molecule has 0 spiro atoms. The van der Waals surface area contributed by atoms with Crippen LogP contribution in [0.5, 0.6) is 0 Å². The maximum atomic E-state index is 13.1. The molecule has 1 amide bonds. The first-order valence-corrected chi connectivity index (χ1v) is 11.3. The molecule has 11 heteroatoms. The van der Waals surface area contributed by atoms with Crippen LogP contribution in [0.15, 0.2) is 59.5 Å². The van der Waals surface area contributed by atoms with Crippen LogP contribution in [0.1, 0.15) is 21.6 Å². The number of carbonyl (C=O) groups excluding carboxylic acids is 1. The van der Waals surface area contributed by atoms with Crippen molar-refractivity contribution < 1.29 is 26.4 Å². The molecule has 0 saturated carbocycles. The fraction of sp³-hybridized carbons (Fsp3) is 0.190. The van der Waals surface area contributed by atoms with Crippen LogP contribution in [-0.4, -0.2) is 29.7 Å². The van der Waals surface area contributed by atoms with Crippen molar-refractivity contribution in [3.63, 3.8) is 0 Å². The molecule has 0 atom stereocenters. The Balaban J connectivity index is 1.78. The van der Waals surface area contributed by atoms with Gasteiger partial charge < -0.3 is 10.3 Å². The summed E-state index contributed by atoms with van der Waals surface area (Å²) in [5.41, 5.74) is 6.02. The largest absolute Gasteiger partial charge is 0.416 e. The second-order valence-corrected chi connectivity index (χ2v) is 9.55. The molecular weight excluding hydrogens is 467 g/mol. The molecule has 2 N–H and O–H groups in total. The summed E-state index contributed by atoms with van der Waals surface area (Å²) in [5, 5.41) is 0.108. The van der Waals surface area contributed by atoms with Gasteiger partial charge in [-0.3, -0.25) is 4.79 Å². The third kappa shape index (κ3) is 3.78. The third-order valence-corrected chi connectivity index (χ3v) is 7.51. The van der Waals surface area contributed by atoms with Crippen molar-refractivity contribution in [2.75, 3.05) is 6.54 Å². The Labute approximate surface area is 187 Å². The number of aromatic nitrogens is 1. The molecule has 0 fully saturated rings. The minimum atomic E-state index is -4.68. The van der Waals surface area contributed by atoms with Gasteiger partial charge in [-0.1, -0.05) is 48.0 Å². The highest BCUT2D eigenvalue weighted by atomic mass is 35.5. The number of primary amides is 1. The summed E-state index contributed by atoms with van der Waals surface area (Å²) >= 11 is 6.48. The van der Waals surface area contributed by atoms with Crippen molar-refractivity contribution in [2.45, 2.75) is 24.2 Å². The molecule has 32 heavy (non-hydrogen) atoms. The first-order valence-electron chi connectivity index (χ1n) is 9.45. The van der Waals surface area contributed by atoms with Crippen molar-refractivity contribution >= 4 is 27.5 Å². The average Bonchev–Trinajstić information content (AvgIpc) is 3.05. The van der Waals surface area contributed by atoms with E-state index in [1.807, 2.05) is 6.07 Å². The van der Waals surface area contributed by atoms with E-state index in [4.69, 9.17) is 17.3 Å². The maximum absolute atomic E-state index is 13.1. The summed E-state index contributed by atoms with van der Waals surface area (Å²) in [4.78, 5) is 11.7. The fourth-order valence-electron chi connectivity index (χ4n) is 3.82. The SMILES string of the molecule is NC(=O)c1c(Cl)c(-c2ccccc2)n2c1CN(S(=O)(=O)c1cccc(C(F)(F)F)c1)CC2. The van der Waals surface area contributed by atoms with Gasteiger partial charge in [0.15, 0.2) is 0 Å². The maximum Gasteiger partial charge on any atom is 0.416 e. The van der Waals surface area contributed by atoms with E-state index in [0.29, 0.717) is 17.5 Å². The predicted molar refractivity (Wildman–Crippen MR) is 112 cm³/mol. The molecule has 2 aromatic carbocycles. The summed E-state index contributed by atoms with van der Waals surface area (Å²) in [5.74, 6) is -0.820. The zero-order valence-electron chi connectivity index (χ0n) is 16.4. The van der Waals surface area contributed by atoms with Crippen LogP contribution in [0.25, 0.3) is 11.3 Å². The van der Waals surface area contributed by atoms with Gasteiger partial charge >= 0.3 is 6.18 Å². The van der Waals surface area contributed by atoms with Crippen LogP contribution in [-0.2, 0) is 29.3 Å². The number of fused-ring (bicyclic) bond motifs is 1. The van der Waals surface area contributed by atoms with Crippen LogP contribution >= 0.6 is 11.6 Å². The normalized spacial score (nSPS) is 14.9. The van der Waals surface area contributed by atoms with Gasteiger partial charge in [-0.15, -0.1) is 0 Å². The summed E-state index contributed by atoms with van der Waals surface area (Å²) in [6, 6.07) is 12.5. The Bertz CT molecular complexity index is 1310. The Morgan fingerprint density at radius 2 is 1.72 bits per heavy atom. The van der Waals surface area contributed by atoms with E-state index in [0.717, 1.165) is 28.1 Å². The number of hydrogen-bond donors (Lipinski definition) is 1. The molecule has 1 aromatic heterocycles. The van der Waals surface area contributed by atoms with E-state index >= 15 is 0 Å². The van der Waals surface area contributed by atoms with Gasteiger partial charge in [0, 0.05) is 18.8 Å². The van der Waals surface area contributed by atoms with Gasteiger partial charge in [0.05, 0.1) is 33.3 Å². The summed E-state index contributed by atoms with van der Waals surface area (Å²) in [6.45, 7) is -0.136. The average molecular weight is 484 g/mol. The first kappa shape index (κ1) is 22.4. The number of benzene rings is 2. The van der Waals surface area contributed by atoms with E-state index in [9.17, 15) is 26.4 Å². The molecule has 4 rings (SSSR count). The fourth-order valence-corrected chi connectivity index (χ4v) is 5.67. The third-order valence-electron chi connectivity index (χ3n) is 5.30. The number of carbonyl (C=O) groups is 1. The Morgan fingerprint density at radius 1 is 1.03 bits per heavy atom. The van der Waals surface area contributed by atoms with Gasteiger partial charge in [-0.05, 0) is 23.8 Å². The molecular formula is C21H17ClF3N3O3S. The van der Waals surface area contributed by atoms with Gasteiger partial charge in [0.1, 0.15) is 0 Å². The van der Waals surface area contributed by atoms with Crippen molar-refractivity contribution in [1.29, 1.82) is 0 Å².